The molecule has 0 saturated carbocycles. The zero-order valence-corrected chi connectivity index (χ0v) is 20.9. The molecule has 5 rings (SSSR count). The van der Waals surface area contributed by atoms with Crippen molar-refractivity contribution in [2.75, 3.05) is 49.6 Å². The maximum atomic E-state index is 13.3. The molecule has 1 aromatic heterocycles. The number of hydrogen-bond acceptors (Lipinski definition) is 5. The molecule has 0 spiro atoms. The second-order valence-corrected chi connectivity index (χ2v) is 11.2. The quantitative estimate of drug-likeness (QED) is 0.564. The first kappa shape index (κ1) is 23.8. The molecule has 8 nitrogen and oxygen atoms in total. The lowest BCUT2D eigenvalue weighted by molar-refractivity contribution is -0.116. The van der Waals surface area contributed by atoms with Crippen LogP contribution < -0.4 is 10.2 Å². The molecule has 2 aromatic carbocycles. The van der Waals surface area contributed by atoms with E-state index in [9.17, 15) is 13.2 Å². The average Bonchev–Trinajstić information content (AvgIpc) is 3.19. The standard InChI is InChI=1S/C26H32N4O4S/c1-20-17-21-7-3-4-8-24(21)30(20)19-26(31)27-23-18-22(35(32,33)29-13-15-34-16-14-29)9-10-25(23)28-11-5-2-6-12-28/h3-4,7-10,17-18H,2,5-6,11-16,19H2,1H3,(H,27,31). The first-order chi connectivity index (χ1) is 16.9. The van der Waals surface area contributed by atoms with Crippen LogP contribution >= 0.6 is 0 Å². The average molecular weight is 497 g/mol. The fraction of sp³-hybridized carbons (Fsp3) is 0.423. The van der Waals surface area contributed by atoms with Gasteiger partial charge >= 0.3 is 0 Å². The topological polar surface area (TPSA) is 83.9 Å². The Morgan fingerprint density at radius 3 is 2.49 bits per heavy atom. The van der Waals surface area contributed by atoms with Crippen molar-refractivity contribution in [1.82, 2.24) is 8.87 Å². The molecular formula is C26H32N4O4S. The van der Waals surface area contributed by atoms with Gasteiger partial charge in [0.25, 0.3) is 0 Å². The van der Waals surface area contributed by atoms with Gasteiger partial charge in [-0.25, -0.2) is 8.42 Å². The van der Waals surface area contributed by atoms with E-state index in [2.05, 4.69) is 16.3 Å². The van der Waals surface area contributed by atoms with Gasteiger partial charge < -0.3 is 19.5 Å². The first-order valence-electron chi connectivity index (χ1n) is 12.2. The summed E-state index contributed by atoms with van der Waals surface area (Å²) in [6, 6.07) is 15.2. The smallest absolute Gasteiger partial charge is 0.244 e. The molecule has 2 fully saturated rings. The summed E-state index contributed by atoms with van der Waals surface area (Å²) < 4.78 is 35.4. The van der Waals surface area contributed by atoms with Crippen molar-refractivity contribution in [2.24, 2.45) is 0 Å². The Hall–Kier alpha value is -2.88. The van der Waals surface area contributed by atoms with Crippen molar-refractivity contribution in [2.45, 2.75) is 37.6 Å². The highest BCUT2D eigenvalue weighted by molar-refractivity contribution is 7.89. The number of para-hydroxylation sites is 1. The molecule has 0 atom stereocenters. The predicted molar refractivity (Wildman–Crippen MR) is 137 cm³/mol. The van der Waals surface area contributed by atoms with Crippen LogP contribution in [-0.2, 0) is 26.1 Å². The van der Waals surface area contributed by atoms with Crippen LogP contribution in [-0.4, -0.2) is 62.6 Å². The number of morpholine rings is 1. The number of aromatic nitrogens is 1. The SMILES string of the molecule is Cc1cc2ccccc2n1CC(=O)Nc1cc(S(=O)(=O)N2CCOCC2)ccc1N1CCCCC1. The maximum absolute atomic E-state index is 13.3. The molecule has 186 valence electrons. The number of sulfonamides is 1. The Labute approximate surface area is 206 Å². The van der Waals surface area contributed by atoms with Crippen LogP contribution in [0.4, 0.5) is 11.4 Å². The lowest BCUT2D eigenvalue weighted by atomic mass is 10.1. The highest BCUT2D eigenvalue weighted by Gasteiger charge is 2.28. The predicted octanol–water partition coefficient (Wildman–Crippen LogP) is 3.60. The maximum Gasteiger partial charge on any atom is 0.244 e. The number of piperidine rings is 1. The molecule has 1 amide bonds. The van der Waals surface area contributed by atoms with Crippen molar-refractivity contribution in [3.05, 3.63) is 54.2 Å². The van der Waals surface area contributed by atoms with E-state index in [0.29, 0.717) is 32.0 Å². The fourth-order valence-electron chi connectivity index (χ4n) is 5.01. The second-order valence-electron chi connectivity index (χ2n) is 9.22. The summed E-state index contributed by atoms with van der Waals surface area (Å²) in [4.78, 5) is 15.7. The number of rotatable bonds is 6. The normalized spacial score (nSPS) is 17.6. The summed E-state index contributed by atoms with van der Waals surface area (Å²) >= 11 is 0. The minimum absolute atomic E-state index is 0.152. The van der Waals surface area contributed by atoms with Crippen LogP contribution in [0.2, 0.25) is 0 Å². The summed E-state index contributed by atoms with van der Waals surface area (Å²) in [5, 5.41) is 4.13. The molecular weight excluding hydrogens is 464 g/mol. The summed E-state index contributed by atoms with van der Waals surface area (Å²) in [6.07, 6.45) is 3.34. The summed E-state index contributed by atoms with van der Waals surface area (Å²) in [6.45, 7) is 5.36. The summed E-state index contributed by atoms with van der Waals surface area (Å²) in [7, 11) is -3.67. The molecule has 0 unspecified atom stereocenters. The number of aryl methyl sites for hydroxylation is 1. The van der Waals surface area contributed by atoms with Crippen LogP contribution in [0.1, 0.15) is 25.0 Å². The Morgan fingerprint density at radius 2 is 1.71 bits per heavy atom. The van der Waals surface area contributed by atoms with E-state index in [1.165, 1.54) is 10.7 Å². The Morgan fingerprint density at radius 1 is 0.971 bits per heavy atom. The molecule has 35 heavy (non-hydrogen) atoms. The summed E-state index contributed by atoms with van der Waals surface area (Å²) in [5.74, 6) is -0.186. The number of benzene rings is 2. The number of carbonyl (C=O) groups excluding carboxylic acids is 1. The van der Waals surface area contributed by atoms with Crippen LogP contribution in [0.25, 0.3) is 10.9 Å². The lowest BCUT2D eigenvalue weighted by Crippen LogP contribution is -2.40. The van der Waals surface area contributed by atoms with Gasteiger partial charge in [-0.1, -0.05) is 18.2 Å². The van der Waals surface area contributed by atoms with E-state index in [0.717, 1.165) is 48.2 Å². The molecule has 3 aromatic rings. The highest BCUT2D eigenvalue weighted by Crippen LogP contribution is 2.32. The molecule has 0 aliphatic carbocycles. The van der Waals surface area contributed by atoms with Gasteiger partial charge in [-0.15, -0.1) is 0 Å². The van der Waals surface area contributed by atoms with Crippen LogP contribution in [0.5, 0.6) is 0 Å². The van der Waals surface area contributed by atoms with Crippen molar-refractivity contribution in [3.63, 3.8) is 0 Å². The van der Waals surface area contributed by atoms with Crippen LogP contribution in [0.15, 0.2) is 53.4 Å². The molecule has 9 heteroatoms. The number of fused-ring (bicyclic) bond motifs is 1. The third-order valence-corrected chi connectivity index (χ3v) is 8.76. The van der Waals surface area contributed by atoms with Gasteiger partial charge in [0.1, 0.15) is 6.54 Å². The minimum atomic E-state index is -3.67. The molecule has 1 N–H and O–H groups in total. The zero-order chi connectivity index (χ0) is 24.4. The number of ether oxygens (including phenoxy) is 1. The van der Waals surface area contributed by atoms with Crippen LogP contribution in [0, 0.1) is 6.92 Å². The van der Waals surface area contributed by atoms with Gasteiger partial charge in [0, 0.05) is 37.4 Å². The van der Waals surface area contributed by atoms with Crippen LogP contribution in [0.3, 0.4) is 0 Å². The van der Waals surface area contributed by atoms with E-state index in [-0.39, 0.29) is 17.3 Å². The van der Waals surface area contributed by atoms with Gasteiger partial charge in [0.2, 0.25) is 15.9 Å². The third kappa shape index (κ3) is 4.94. The number of carbonyl (C=O) groups is 1. The Balaban J connectivity index is 1.45. The largest absolute Gasteiger partial charge is 0.379 e. The minimum Gasteiger partial charge on any atom is -0.379 e. The van der Waals surface area contributed by atoms with E-state index < -0.39 is 10.0 Å². The van der Waals surface area contributed by atoms with Gasteiger partial charge in [-0.05, 0) is 61.9 Å². The number of nitrogens with zero attached hydrogens (tertiary/aromatic N) is 3. The second kappa shape index (κ2) is 10.0. The highest BCUT2D eigenvalue weighted by atomic mass is 32.2. The first-order valence-corrected chi connectivity index (χ1v) is 13.7. The molecule has 0 radical (unpaired) electrons. The molecule has 0 bridgehead atoms. The van der Waals surface area contributed by atoms with E-state index in [1.807, 2.05) is 41.8 Å². The number of anilines is 2. The van der Waals surface area contributed by atoms with E-state index in [4.69, 9.17) is 4.74 Å². The molecule has 2 aliphatic rings. The number of hydrogen-bond donors (Lipinski definition) is 1. The van der Waals surface area contributed by atoms with Gasteiger partial charge in [-0.3, -0.25) is 4.79 Å². The Bertz CT molecular complexity index is 1320. The molecule has 2 saturated heterocycles. The van der Waals surface area contributed by atoms with E-state index in [1.54, 1.807) is 12.1 Å². The van der Waals surface area contributed by atoms with Crippen molar-refractivity contribution in [3.8, 4) is 0 Å². The van der Waals surface area contributed by atoms with Crippen molar-refractivity contribution >= 4 is 38.2 Å². The summed E-state index contributed by atoms with van der Waals surface area (Å²) in [5.41, 5.74) is 3.41. The third-order valence-electron chi connectivity index (χ3n) is 6.87. The Kier molecular flexibility index (Phi) is 6.82. The monoisotopic (exact) mass is 496 g/mol. The number of amides is 1. The van der Waals surface area contributed by atoms with Crippen molar-refractivity contribution in [1.29, 1.82) is 0 Å². The zero-order valence-electron chi connectivity index (χ0n) is 20.1. The molecule has 3 heterocycles. The van der Waals surface area contributed by atoms with Gasteiger partial charge in [0.05, 0.1) is 29.5 Å². The molecule has 2 aliphatic heterocycles. The fourth-order valence-corrected chi connectivity index (χ4v) is 6.45. The van der Waals surface area contributed by atoms with E-state index >= 15 is 0 Å². The van der Waals surface area contributed by atoms with Crippen molar-refractivity contribution < 1.29 is 17.9 Å². The number of nitrogens with one attached hydrogen (secondary N) is 1. The lowest BCUT2D eigenvalue weighted by Gasteiger charge is -2.31. The van der Waals surface area contributed by atoms with Gasteiger partial charge in [-0.2, -0.15) is 4.31 Å². The van der Waals surface area contributed by atoms with Gasteiger partial charge in [0.15, 0.2) is 0 Å².